The standard InChI is InChI=1S/C13H25N3O2.ClH/c1-13(2,3)16-12(18)9-15-11(17)7-6-10-5-4-8-14-10;/h10,14H,4-9H2,1-3H3,(H,15,17)(H,16,18);1H. The summed E-state index contributed by atoms with van der Waals surface area (Å²) in [6.45, 7) is 6.87. The summed E-state index contributed by atoms with van der Waals surface area (Å²) in [5.41, 5.74) is -0.254. The minimum absolute atomic E-state index is 0. The van der Waals surface area contributed by atoms with Crippen molar-refractivity contribution in [1.29, 1.82) is 0 Å². The van der Waals surface area contributed by atoms with Crippen molar-refractivity contribution >= 4 is 24.2 Å². The SMILES string of the molecule is CC(C)(C)NC(=O)CNC(=O)CCC1CCCN1.Cl. The van der Waals surface area contributed by atoms with Crippen LogP contribution in [-0.2, 0) is 9.59 Å². The van der Waals surface area contributed by atoms with E-state index < -0.39 is 0 Å². The fourth-order valence-electron chi connectivity index (χ4n) is 2.04. The van der Waals surface area contributed by atoms with Crippen molar-refractivity contribution in [2.45, 2.75) is 58.0 Å². The van der Waals surface area contributed by atoms with Crippen molar-refractivity contribution in [3.05, 3.63) is 0 Å². The van der Waals surface area contributed by atoms with Crippen LogP contribution in [0.15, 0.2) is 0 Å². The second-order valence-corrected chi connectivity index (χ2v) is 5.91. The third-order valence-electron chi connectivity index (χ3n) is 2.84. The fraction of sp³-hybridized carbons (Fsp3) is 0.846. The van der Waals surface area contributed by atoms with Crippen molar-refractivity contribution in [1.82, 2.24) is 16.0 Å². The van der Waals surface area contributed by atoms with Gasteiger partial charge in [-0.2, -0.15) is 0 Å². The molecule has 1 saturated heterocycles. The zero-order chi connectivity index (χ0) is 13.6. The van der Waals surface area contributed by atoms with E-state index in [9.17, 15) is 9.59 Å². The van der Waals surface area contributed by atoms with Crippen molar-refractivity contribution in [2.24, 2.45) is 0 Å². The molecule has 1 heterocycles. The van der Waals surface area contributed by atoms with Crippen LogP contribution in [0.5, 0.6) is 0 Å². The highest BCUT2D eigenvalue weighted by molar-refractivity contribution is 5.85. The molecule has 1 rings (SSSR count). The largest absolute Gasteiger partial charge is 0.350 e. The van der Waals surface area contributed by atoms with Crippen LogP contribution in [-0.4, -0.2) is 36.5 Å². The van der Waals surface area contributed by atoms with E-state index in [0.29, 0.717) is 12.5 Å². The van der Waals surface area contributed by atoms with Crippen LogP contribution in [0.2, 0.25) is 0 Å². The van der Waals surface area contributed by atoms with Crippen LogP contribution in [0, 0.1) is 0 Å². The minimum Gasteiger partial charge on any atom is -0.350 e. The second kappa shape index (κ2) is 8.38. The summed E-state index contributed by atoms with van der Waals surface area (Å²) in [5.74, 6) is -0.192. The smallest absolute Gasteiger partial charge is 0.239 e. The maximum atomic E-state index is 11.6. The monoisotopic (exact) mass is 291 g/mol. The Labute approximate surface area is 121 Å². The van der Waals surface area contributed by atoms with E-state index in [1.807, 2.05) is 20.8 Å². The lowest BCUT2D eigenvalue weighted by atomic mass is 10.1. The van der Waals surface area contributed by atoms with Crippen molar-refractivity contribution < 1.29 is 9.59 Å². The van der Waals surface area contributed by atoms with Crippen LogP contribution in [0.1, 0.15) is 46.5 Å². The van der Waals surface area contributed by atoms with Gasteiger partial charge in [0.1, 0.15) is 0 Å². The highest BCUT2D eigenvalue weighted by Gasteiger charge is 2.16. The van der Waals surface area contributed by atoms with Crippen LogP contribution in [0.3, 0.4) is 0 Å². The number of hydrogen-bond donors (Lipinski definition) is 3. The summed E-state index contributed by atoms with van der Waals surface area (Å²) in [5, 5.41) is 8.80. The molecule has 0 radical (unpaired) electrons. The molecule has 1 aliphatic heterocycles. The van der Waals surface area contributed by atoms with Crippen LogP contribution in [0.25, 0.3) is 0 Å². The van der Waals surface area contributed by atoms with E-state index in [-0.39, 0.29) is 36.3 Å². The Morgan fingerprint density at radius 3 is 2.47 bits per heavy atom. The maximum absolute atomic E-state index is 11.6. The zero-order valence-corrected chi connectivity index (χ0v) is 12.9. The molecular formula is C13H26ClN3O2. The first-order chi connectivity index (χ1) is 8.37. The van der Waals surface area contributed by atoms with Crippen LogP contribution < -0.4 is 16.0 Å². The van der Waals surface area contributed by atoms with Gasteiger partial charge in [-0.3, -0.25) is 9.59 Å². The molecule has 6 heteroatoms. The molecule has 0 bridgehead atoms. The zero-order valence-electron chi connectivity index (χ0n) is 12.0. The molecule has 3 N–H and O–H groups in total. The first kappa shape index (κ1) is 18.2. The molecule has 1 unspecified atom stereocenters. The minimum atomic E-state index is -0.254. The first-order valence-electron chi connectivity index (χ1n) is 6.68. The van der Waals surface area contributed by atoms with E-state index in [1.165, 1.54) is 6.42 Å². The number of nitrogens with one attached hydrogen (secondary N) is 3. The van der Waals surface area contributed by atoms with Gasteiger partial charge in [0.25, 0.3) is 0 Å². The van der Waals surface area contributed by atoms with E-state index in [1.54, 1.807) is 0 Å². The van der Waals surface area contributed by atoms with Gasteiger partial charge < -0.3 is 16.0 Å². The van der Waals surface area contributed by atoms with Gasteiger partial charge in [0.2, 0.25) is 11.8 Å². The lowest BCUT2D eigenvalue weighted by molar-refractivity contribution is -0.126. The molecule has 5 nitrogen and oxygen atoms in total. The molecule has 0 spiro atoms. The fourth-order valence-corrected chi connectivity index (χ4v) is 2.04. The summed E-state index contributed by atoms with van der Waals surface area (Å²) in [4.78, 5) is 23.0. The highest BCUT2D eigenvalue weighted by atomic mass is 35.5. The Morgan fingerprint density at radius 2 is 1.95 bits per heavy atom. The predicted molar refractivity (Wildman–Crippen MR) is 78.4 cm³/mol. The molecule has 0 aromatic rings. The van der Waals surface area contributed by atoms with Gasteiger partial charge in [0, 0.05) is 18.0 Å². The third-order valence-corrected chi connectivity index (χ3v) is 2.84. The third kappa shape index (κ3) is 8.83. The van der Waals surface area contributed by atoms with Crippen LogP contribution in [0.4, 0.5) is 0 Å². The van der Waals surface area contributed by atoms with Gasteiger partial charge in [-0.15, -0.1) is 12.4 Å². The second-order valence-electron chi connectivity index (χ2n) is 5.91. The number of amides is 2. The Hall–Kier alpha value is -0.810. The molecule has 0 aliphatic carbocycles. The Balaban J connectivity index is 0.00000324. The molecule has 0 aromatic carbocycles. The molecule has 0 aromatic heterocycles. The van der Waals surface area contributed by atoms with Gasteiger partial charge in [-0.1, -0.05) is 0 Å². The topological polar surface area (TPSA) is 70.2 Å². The first-order valence-corrected chi connectivity index (χ1v) is 6.68. The summed E-state index contributed by atoms with van der Waals surface area (Å²) >= 11 is 0. The lowest BCUT2D eigenvalue weighted by Crippen LogP contribution is -2.45. The Morgan fingerprint density at radius 1 is 1.26 bits per heavy atom. The number of rotatable bonds is 5. The average molecular weight is 292 g/mol. The quantitative estimate of drug-likeness (QED) is 0.707. The average Bonchev–Trinajstić information content (AvgIpc) is 2.74. The van der Waals surface area contributed by atoms with Gasteiger partial charge in [0.05, 0.1) is 6.54 Å². The molecule has 0 saturated carbocycles. The molecule has 1 aliphatic rings. The van der Waals surface area contributed by atoms with Crippen molar-refractivity contribution in [2.75, 3.05) is 13.1 Å². The predicted octanol–water partition coefficient (Wildman–Crippen LogP) is 0.971. The van der Waals surface area contributed by atoms with Gasteiger partial charge >= 0.3 is 0 Å². The normalized spacial score (nSPS) is 18.6. The molecule has 1 fully saturated rings. The molecular weight excluding hydrogens is 266 g/mol. The summed E-state index contributed by atoms with van der Waals surface area (Å²) in [7, 11) is 0. The summed E-state index contributed by atoms with van der Waals surface area (Å²) in [6, 6.07) is 0.471. The van der Waals surface area contributed by atoms with Crippen LogP contribution >= 0.6 is 12.4 Å². The lowest BCUT2D eigenvalue weighted by Gasteiger charge is -2.20. The van der Waals surface area contributed by atoms with Gasteiger partial charge in [-0.05, 0) is 46.6 Å². The number of carbonyl (C=O) groups is 2. The summed E-state index contributed by atoms with van der Waals surface area (Å²) < 4.78 is 0. The van der Waals surface area contributed by atoms with Gasteiger partial charge in [-0.25, -0.2) is 0 Å². The van der Waals surface area contributed by atoms with E-state index in [2.05, 4.69) is 16.0 Å². The van der Waals surface area contributed by atoms with Crippen molar-refractivity contribution in [3.8, 4) is 0 Å². The van der Waals surface area contributed by atoms with Crippen molar-refractivity contribution in [3.63, 3.8) is 0 Å². The Kier molecular flexibility index (Phi) is 8.02. The maximum Gasteiger partial charge on any atom is 0.239 e. The number of halogens is 1. The molecule has 1 atom stereocenters. The van der Waals surface area contributed by atoms with E-state index in [4.69, 9.17) is 0 Å². The highest BCUT2D eigenvalue weighted by Crippen LogP contribution is 2.10. The van der Waals surface area contributed by atoms with E-state index in [0.717, 1.165) is 19.4 Å². The molecule has 2 amide bonds. The Bertz CT molecular complexity index is 297. The van der Waals surface area contributed by atoms with Gasteiger partial charge in [0.15, 0.2) is 0 Å². The number of carbonyl (C=O) groups excluding carboxylic acids is 2. The molecule has 19 heavy (non-hydrogen) atoms. The van der Waals surface area contributed by atoms with E-state index >= 15 is 0 Å². The number of hydrogen-bond acceptors (Lipinski definition) is 3. The molecule has 112 valence electrons. The summed E-state index contributed by atoms with van der Waals surface area (Å²) in [6.07, 6.45) is 3.69.